The molecule has 33 heavy (non-hydrogen) atoms. The maximum atomic E-state index is 13.0. The molecule has 0 aliphatic carbocycles. The lowest BCUT2D eigenvalue weighted by Crippen LogP contribution is -2.53. The molecule has 5 amide bonds. The molecule has 1 aliphatic heterocycles. The molecule has 1 saturated heterocycles. The van der Waals surface area contributed by atoms with E-state index in [0.717, 1.165) is 37.0 Å². The van der Waals surface area contributed by atoms with Crippen LogP contribution in [-0.2, 0) is 19.2 Å². The van der Waals surface area contributed by atoms with Crippen molar-refractivity contribution < 1.29 is 28.7 Å². The highest BCUT2D eigenvalue weighted by atomic mass is 16.5. The van der Waals surface area contributed by atoms with Gasteiger partial charge >= 0.3 is 0 Å². The van der Waals surface area contributed by atoms with Crippen LogP contribution in [0.5, 0.6) is 5.75 Å². The smallest absolute Gasteiger partial charge is 0.261 e. The van der Waals surface area contributed by atoms with E-state index in [0.29, 0.717) is 17.9 Å². The summed E-state index contributed by atoms with van der Waals surface area (Å²) in [5.41, 5.74) is 0.597. The Bertz CT molecular complexity index is 937. The van der Waals surface area contributed by atoms with Gasteiger partial charge in [-0.15, -0.1) is 12.3 Å². The molecule has 1 fully saturated rings. The molecular formula is C24H29N3O6. The number of amides is 5. The molecule has 9 nitrogen and oxygen atoms in total. The summed E-state index contributed by atoms with van der Waals surface area (Å²) >= 11 is 0. The maximum absolute atomic E-state index is 13.0. The SMILES string of the molecule is C#CCCCCCCNC(=O)COc1cccc(C(=O)N(C=O)C2CCC(=O)NC2=O)c1C. The summed E-state index contributed by atoms with van der Waals surface area (Å²) in [7, 11) is 0. The molecule has 1 aromatic carbocycles. The van der Waals surface area contributed by atoms with Gasteiger partial charge in [0.15, 0.2) is 6.61 Å². The number of unbranched alkanes of at least 4 members (excludes halogenated alkanes) is 4. The van der Waals surface area contributed by atoms with Crippen molar-refractivity contribution in [3.05, 3.63) is 29.3 Å². The predicted octanol–water partition coefficient (Wildman–Crippen LogP) is 1.48. The first-order valence-corrected chi connectivity index (χ1v) is 10.9. The molecule has 0 aromatic heterocycles. The molecule has 1 atom stereocenters. The molecule has 9 heteroatoms. The minimum absolute atomic E-state index is 0.0379. The van der Waals surface area contributed by atoms with Crippen LogP contribution >= 0.6 is 0 Å². The number of rotatable bonds is 12. The summed E-state index contributed by atoms with van der Waals surface area (Å²) in [4.78, 5) is 60.8. The molecule has 2 N–H and O–H groups in total. The lowest BCUT2D eigenvalue weighted by atomic mass is 10.0. The fraction of sp³-hybridized carbons (Fsp3) is 0.458. The molecule has 0 spiro atoms. The van der Waals surface area contributed by atoms with Crippen molar-refractivity contribution in [2.75, 3.05) is 13.2 Å². The van der Waals surface area contributed by atoms with Crippen molar-refractivity contribution in [1.29, 1.82) is 0 Å². The van der Waals surface area contributed by atoms with Gasteiger partial charge in [-0.25, -0.2) is 0 Å². The van der Waals surface area contributed by atoms with Gasteiger partial charge < -0.3 is 10.1 Å². The normalized spacial score (nSPS) is 15.2. The monoisotopic (exact) mass is 455 g/mol. The van der Waals surface area contributed by atoms with E-state index in [1.54, 1.807) is 19.1 Å². The van der Waals surface area contributed by atoms with E-state index in [2.05, 4.69) is 16.6 Å². The zero-order valence-electron chi connectivity index (χ0n) is 18.7. The van der Waals surface area contributed by atoms with Crippen LogP contribution in [0.15, 0.2) is 18.2 Å². The lowest BCUT2D eigenvalue weighted by molar-refractivity contribution is -0.139. The third-order valence-electron chi connectivity index (χ3n) is 5.34. The third-order valence-corrected chi connectivity index (χ3v) is 5.34. The van der Waals surface area contributed by atoms with Gasteiger partial charge in [0.05, 0.1) is 0 Å². The zero-order valence-corrected chi connectivity index (χ0v) is 18.7. The van der Waals surface area contributed by atoms with Crippen LogP contribution in [0.1, 0.15) is 60.9 Å². The van der Waals surface area contributed by atoms with Gasteiger partial charge in [0, 0.05) is 30.5 Å². The zero-order chi connectivity index (χ0) is 24.2. The van der Waals surface area contributed by atoms with E-state index in [9.17, 15) is 24.0 Å². The van der Waals surface area contributed by atoms with Crippen LogP contribution in [-0.4, -0.2) is 54.1 Å². The number of terminal acetylenes is 1. The highest BCUT2D eigenvalue weighted by Crippen LogP contribution is 2.24. The van der Waals surface area contributed by atoms with E-state index in [4.69, 9.17) is 11.2 Å². The molecule has 1 aromatic rings. The van der Waals surface area contributed by atoms with E-state index >= 15 is 0 Å². The number of piperidine rings is 1. The molecule has 1 aliphatic rings. The summed E-state index contributed by atoms with van der Waals surface area (Å²) in [6.07, 6.45) is 10.2. The van der Waals surface area contributed by atoms with Crippen LogP contribution in [0.2, 0.25) is 0 Å². The van der Waals surface area contributed by atoms with Gasteiger partial charge in [-0.3, -0.25) is 34.2 Å². The van der Waals surface area contributed by atoms with Gasteiger partial charge in [-0.2, -0.15) is 0 Å². The van der Waals surface area contributed by atoms with Gasteiger partial charge in [0.2, 0.25) is 18.2 Å². The van der Waals surface area contributed by atoms with Gasteiger partial charge in [0.1, 0.15) is 11.8 Å². The molecule has 176 valence electrons. The minimum Gasteiger partial charge on any atom is -0.483 e. The Hall–Kier alpha value is -3.67. The average Bonchev–Trinajstić information content (AvgIpc) is 2.79. The predicted molar refractivity (Wildman–Crippen MR) is 120 cm³/mol. The second kappa shape index (κ2) is 13.0. The number of nitrogens with one attached hydrogen (secondary N) is 2. The third kappa shape index (κ3) is 7.45. The van der Waals surface area contributed by atoms with Crippen LogP contribution < -0.4 is 15.4 Å². The summed E-state index contributed by atoms with van der Waals surface area (Å²) < 4.78 is 5.58. The highest BCUT2D eigenvalue weighted by molar-refractivity contribution is 6.07. The number of benzene rings is 1. The Labute approximate surface area is 193 Å². The Kier molecular flexibility index (Phi) is 10.1. The quantitative estimate of drug-likeness (QED) is 0.213. The minimum atomic E-state index is -1.06. The first-order chi connectivity index (χ1) is 15.9. The largest absolute Gasteiger partial charge is 0.483 e. The molecule has 0 saturated carbocycles. The Morgan fingerprint density at radius 2 is 2.03 bits per heavy atom. The van der Waals surface area contributed by atoms with Gasteiger partial charge in [-0.1, -0.05) is 18.9 Å². The number of carbonyl (C=O) groups excluding carboxylic acids is 5. The van der Waals surface area contributed by atoms with Crippen molar-refractivity contribution in [2.24, 2.45) is 0 Å². The van der Waals surface area contributed by atoms with E-state index in [1.165, 1.54) is 6.07 Å². The number of imide groups is 2. The summed E-state index contributed by atoms with van der Waals surface area (Å²) in [5, 5.41) is 4.92. The Morgan fingerprint density at radius 3 is 2.73 bits per heavy atom. The second-order valence-corrected chi connectivity index (χ2v) is 7.72. The standard InChI is InChI=1S/C24H29N3O6/c1-3-4-5-6-7-8-14-25-22(30)15-33-20-11-9-10-18(17(20)2)24(32)27(16-28)19-12-13-21(29)26-23(19)31/h1,9-11,16,19H,4-8,12-15H2,2H3,(H,25,30)(H,26,29,31). The first kappa shape index (κ1) is 25.6. The summed E-state index contributed by atoms with van der Waals surface area (Å²) in [6, 6.07) is 3.63. The van der Waals surface area contributed by atoms with Crippen molar-refractivity contribution in [2.45, 2.75) is 57.9 Å². The van der Waals surface area contributed by atoms with Crippen LogP contribution in [0.3, 0.4) is 0 Å². The van der Waals surface area contributed by atoms with Crippen molar-refractivity contribution in [3.63, 3.8) is 0 Å². The fourth-order valence-corrected chi connectivity index (χ4v) is 3.48. The maximum Gasteiger partial charge on any atom is 0.261 e. The van der Waals surface area contributed by atoms with Crippen molar-refractivity contribution in [3.8, 4) is 18.1 Å². The number of hydrogen-bond donors (Lipinski definition) is 2. The van der Waals surface area contributed by atoms with Crippen LogP contribution in [0, 0.1) is 19.3 Å². The fourth-order valence-electron chi connectivity index (χ4n) is 3.48. The summed E-state index contributed by atoms with van der Waals surface area (Å²) in [5.74, 6) is 0.816. The highest BCUT2D eigenvalue weighted by Gasteiger charge is 2.35. The van der Waals surface area contributed by atoms with Crippen molar-refractivity contribution >= 4 is 30.0 Å². The van der Waals surface area contributed by atoms with Crippen LogP contribution in [0.4, 0.5) is 0 Å². The molecule has 0 radical (unpaired) electrons. The first-order valence-electron chi connectivity index (χ1n) is 10.9. The van der Waals surface area contributed by atoms with E-state index in [-0.39, 0.29) is 37.3 Å². The molecule has 1 heterocycles. The molecule has 0 bridgehead atoms. The lowest BCUT2D eigenvalue weighted by Gasteiger charge is -2.28. The molecule has 1 unspecified atom stereocenters. The molecular weight excluding hydrogens is 426 g/mol. The van der Waals surface area contributed by atoms with Gasteiger partial charge in [0.25, 0.3) is 11.8 Å². The second-order valence-electron chi connectivity index (χ2n) is 7.72. The summed E-state index contributed by atoms with van der Waals surface area (Å²) in [6.45, 7) is 1.94. The van der Waals surface area contributed by atoms with Crippen LogP contribution in [0.25, 0.3) is 0 Å². The van der Waals surface area contributed by atoms with Gasteiger partial charge in [-0.05, 0) is 38.3 Å². The van der Waals surface area contributed by atoms with Crippen molar-refractivity contribution in [1.82, 2.24) is 15.5 Å². The Balaban J connectivity index is 1.92. The number of ether oxygens (including phenoxy) is 1. The number of carbonyl (C=O) groups is 5. The van der Waals surface area contributed by atoms with E-state index < -0.39 is 23.8 Å². The Morgan fingerprint density at radius 1 is 1.27 bits per heavy atom. The number of hydrogen-bond acceptors (Lipinski definition) is 6. The topological polar surface area (TPSA) is 122 Å². The van der Waals surface area contributed by atoms with E-state index in [1.807, 2.05) is 0 Å². The number of nitrogens with zero attached hydrogens (tertiary/aromatic N) is 1. The average molecular weight is 456 g/mol. The molecule has 2 rings (SSSR count).